The largest absolute Gasteiger partial charge is 1.00 e. The molecule has 0 saturated carbocycles. The number of nitrogens with zero attached hydrogens (tertiary/aromatic N) is 7. The first kappa shape index (κ1) is 110. The van der Waals surface area contributed by atoms with Crippen LogP contribution in [-0.4, -0.2) is 182 Å². The zero-order valence-corrected chi connectivity index (χ0v) is 71.1. The van der Waals surface area contributed by atoms with Crippen LogP contribution < -0.4 is 68.7 Å². The molecule has 4 N–H and O–H groups in total. The van der Waals surface area contributed by atoms with Gasteiger partial charge in [-0.3, -0.25) is 27.5 Å². The zero-order valence-electron chi connectivity index (χ0n) is 63.5. The summed E-state index contributed by atoms with van der Waals surface area (Å²) in [6.07, 6.45) is 25.9. The number of halogens is 12. The van der Waals surface area contributed by atoms with Crippen LogP contribution in [0.15, 0.2) is 159 Å². The number of imidazole rings is 2. The van der Waals surface area contributed by atoms with Crippen LogP contribution in [0, 0.1) is 13.8 Å². The Hall–Kier alpha value is -3.67. The SMILES string of the molecule is C=CCCCCBr.C=CCCCCN(C)C(=O)C(F)(F)F.C=CCCCCN(C)C(=O)n1cc[n+](C)c1.C=CCCCCN(C)C(=O)n1ccnc1.C=CCCCC[NH2+]C.CI.CNC(=O)C(F)(F)F.Cc1ccc(S(=O)(=O)O)cc1.Cc1ccc(S(=O)(=O)[O-])cc1.[2H]CF.[2H]CF.[2H]CI.[H-].[I-].[Na+]. The monoisotopic (exact) mass is 1890 g/mol. The second-order valence-corrected chi connectivity index (χ2v) is 23.1. The summed E-state index contributed by atoms with van der Waals surface area (Å²) in [6.45, 7) is 24.7. The number of alkyl halides is 11. The summed E-state index contributed by atoms with van der Waals surface area (Å²) < 4.78 is 172. The number of hydrogen-bond acceptors (Lipinski definition) is 10. The molecule has 4 rings (SSSR count). The average molecular weight is 1890 g/mol. The number of aryl methyl sites for hydroxylation is 3. The van der Waals surface area contributed by atoms with E-state index < -0.39 is 58.7 Å². The number of carbonyl (C=O) groups excluding carboxylic acids is 4. The van der Waals surface area contributed by atoms with E-state index in [1.54, 1.807) is 76.7 Å². The van der Waals surface area contributed by atoms with Gasteiger partial charge in [-0.1, -0.05) is 127 Å². The molecule has 4 aromatic rings. The molecule has 0 unspecified atom stereocenters. The van der Waals surface area contributed by atoms with E-state index in [0.29, 0.717) is 16.2 Å². The molecule has 19 nitrogen and oxygen atoms in total. The fourth-order valence-electron chi connectivity index (χ4n) is 6.33. The van der Waals surface area contributed by atoms with Gasteiger partial charge >= 0.3 is 65.8 Å². The van der Waals surface area contributed by atoms with E-state index in [-0.39, 0.29) is 83.4 Å². The number of aromatic nitrogens is 4. The molecule has 0 aliphatic heterocycles. The molecule has 2 heterocycles. The third-order valence-corrected chi connectivity index (χ3v) is 13.7. The number of nitrogens with one attached hydrogen (secondary N) is 1. The van der Waals surface area contributed by atoms with Crippen molar-refractivity contribution in [1.82, 2.24) is 34.1 Å². The van der Waals surface area contributed by atoms with Gasteiger partial charge in [0, 0.05) is 66.9 Å². The van der Waals surface area contributed by atoms with E-state index in [1.165, 1.54) is 79.1 Å². The first-order chi connectivity index (χ1) is 47.3. The van der Waals surface area contributed by atoms with Crippen molar-refractivity contribution in [2.24, 2.45) is 7.05 Å². The average Bonchev–Trinajstić information content (AvgIpc) is 1.16. The zero-order chi connectivity index (χ0) is 79.9. The minimum atomic E-state index is -4.76. The number of hydrogen-bond donors (Lipinski definition) is 3. The Labute approximate surface area is 672 Å². The Morgan fingerprint density at radius 2 is 1.04 bits per heavy atom. The maximum absolute atomic E-state index is 11.9. The van der Waals surface area contributed by atoms with Gasteiger partial charge in [-0.25, -0.2) is 27.6 Å². The minimum absolute atomic E-state index is 0. The summed E-state index contributed by atoms with van der Waals surface area (Å²) >= 11 is 7.45. The van der Waals surface area contributed by atoms with Crippen LogP contribution in [0.3, 0.4) is 0 Å². The molecule has 2 aromatic heterocycles. The van der Waals surface area contributed by atoms with Gasteiger partial charge in [-0.2, -0.15) is 39.3 Å². The molecule has 4 amide bonds. The van der Waals surface area contributed by atoms with Crippen molar-refractivity contribution in [2.45, 2.75) is 132 Å². The van der Waals surface area contributed by atoms with Crippen molar-refractivity contribution >= 4 is 105 Å². The Morgan fingerprint density at radius 1 is 0.690 bits per heavy atom. The van der Waals surface area contributed by atoms with Crippen molar-refractivity contribution < 1.29 is 149 Å². The molecule has 0 saturated heterocycles. The van der Waals surface area contributed by atoms with Crippen molar-refractivity contribution in [1.29, 1.82) is 0 Å². The number of carbonyl (C=O) groups is 4. The molecule has 0 fully saturated rings. The van der Waals surface area contributed by atoms with Gasteiger partial charge in [0.25, 0.3) is 16.4 Å². The molecule has 0 aliphatic carbocycles. The molecule has 0 atom stereocenters. The van der Waals surface area contributed by atoms with Crippen molar-refractivity contribution in [3.63, 3.8) is 0 Å². The summed E-state index contributed by atoms with van der Waals surface area (Å²) in [7, 11) is -0.573. The molecular weight excluding hydrogens is 1780 g/mol. The predicted molar refractivity (Wildman–Crippen MR) is 400 cm³/mol. The fourth-order valence-corrected chi connectivity index (χ4v) is 7.68. The summed E-state index contributed by atoms with van der Waals surface area (Å²) in [6, 6.07) is 11.7. The number of quaternary nitrogens is 1. The minimum Gasteiger partial charge on any atom is -1.00 e. The Balaban J connectivity index is -0.000000104. The quantitative estimate of drug-likeness (QED) is 0.00782. The number of nitrogens with two attached hydrogens (primary N) is 1. The van der Waals surface area contributed by atoms with E-state index in [2.05, 4.69) is 88.8 Å². The number of allylic oxidation sites excluding steroid dienone is 5. The first-order valence-corrected chi connectivity index (χ1v) is 37.5. The van der Waals surface area contributed by atoms with Crippen LogP contribution in [0.2, 0.25) is 0 Å². The second kappa shape index (κ2) is 77.9. The first-order valence-electron chi connectivity index (χ1n) is 32.0. The number of rotatable bonds is 26. The molecule has 100 heavy (non-hydrogen) atoms. The standard InChI is InChI=1S/C12H20N3O.C11H17N3O.C9H14F3NO.C7H15N.2C7H8O3S.C6H11Br.C3H4F3NO.2CH3F.2CH3I.HI.Na.H/c1-4-5-6-7-8-14(3)12(16)15-10-9-13(2)11-15;1-3-4-5-6-8-13(2)11(15)14-9-7-12-10-14;1-3-4-5-6-7-13(2)8(14)9(10,11)12;1-3-4-5-6-7-8-2;2*1-6-2-4-7(5-3-6)11(8,9)10;1-2-3-4-5-6-7;1-7-2(8)3(4,5)6;4*1-2;;;/h4,9-11H,1,5-8H2,2-3H3;3,7,9-10H,1,4-6,8H2,2H3;3H,1,4-7H2,2H3;3,8H,1,4-7H2,2H3;2*2-5H,1H3,(H,8,9,10);2H,1,3-6H2;1H3,(H,7,8);4*1H3;1H;;/q+1;;;;;;;;;;;;;+1;-1/p-1/i;;;;;;;;3*1D;;;;. The van der Waals surface area contributed by atoms with Gasteiger partial charge < -0.3 is 55.3 Å². The summed E-state index contributed by atoms with van der Waals surface area (Å²) in [5.41, 5.74) is 1.88. The van der Waals surface area contributed by atoms with Gasteiger partial charge in [0.05, 0.1) is 47.5 Å². The van der Waals surface area contributed by atoms with E-state index >= 15 is 0 Å². The maximum Gasteiger partial charge on any atom is 1.00 e. The molecule has 0 radical (unpaired) electrons. The summed E-state index contributed by atoms with van der Waals surface area (Å²) in [5, 5.41) is 4.78. The third kappa shape index (κ3) is 74.1. The maximum atomic E-state index is 11.9. The molecule has 0 spiro atoms. The number of amides is 4. The number of unbranched alkanes of at least 4 members (excludes halogenated alkanes) is 10. The summed E-state index contributed by atoms with van der Waals surface area (Å²) in [4.78, 5) is 54.0. The van der Waals surface area contributed by atoms with E-state index in [4.69, 9.17) is 8.67 Å². The fraction of sp³-hybridized carbons (Fsp3) is 0.515. The smallest absolute Gasteiger partial charge is 1.00 e. The van der Waals surface area contributed by atoms with Gasteiger partial charge in [0.2, 0.25) is 0 Å². The van der Waals surface area contributed by atoms with Crippen LogP contribution in [-0.2, 0) is 36.9 Å². The molecular formula is C66H110BrF8I3N9NaO10S2. The van der Waals surface area contributed by atoms with Crippen molar-refractivity contribution in [2.75, 3.05) is 90.9 Å². The normalized spacial score (nSPS) is 10.0. The van der Waals surface area contributed by atoms with Gasteiger partial charge in [-0.05, 0) is 144 Å². The Morgan fingerprint density at radius 3 is 1.31 bits per heavy atom. The summed E-state index contributed by atoms with van der Waals surface area (Å²) in [5.74, 6) is -3.70. The van der Waals surface area contributed by atoms with E-state index in [1.807, 2.05) is 90.5 Å². The van der Waals surface area contributed by atoms with Crippen LogP contribution >= 0.6 is 61.1 Å². The van der Waals surface area contributed by atoms with Crippen LogP contribution in [0.5, 0.6) is 0 Å². The van der Waals surface area contributed by atoms with Crippen LogP contribution in [0.1, 0.15) is 113 Å². The molecule has 2 aromatic carbocycles. The van der Waals surface area contributed by atoms with E-state index in [9.17, 15) is 75.7 Å². The Kier molecular flexibility index (Phi) is 85.5. The predicted octanol–water partition coefficient (Wildman–Crippen LogP) is 9.17. The van der Waals surface area contributed by atoms with Crippen molar-refractivity contribution in [3.05, 3.63) is 160 Å². The van der Waals surface area contributed by atoms with Gasteiger partial charge in [0.1, 0.15) is 28.8 Å². The molecule has 0 bridgehead atoms. The van der Waals surface area contributed by atoms with Crippen LogP contribution in [0.25, 0.3) is 0 Å². The molecule has 576 valence electrons. The van der Waals surface area contributed by atoms with Crippen LogP contribution in [0.4, 0.5) is 44.7 Å². The Bertz CT molecular complexity index is 2860. The third-order valence-electron chi connectivity index (χ3n) is 11.5. The van der Waals surface area contributed by atoms with Gasteiger partial charge in [-0.15, -0.1) is 32.9 Å². The second-order valence-electron chi connectivity index (χ2n) is 19.5. The molecule has 0 aliphatic rings. The van der Waals surface area contributed by atoms with Gasteiger partial charge in [0.15, 0.2) is 0 Å². The van der Waals surface area contributed by atoms with Crippen molar-refractivity contribution in [3.8, 4) is 0 Å². The molecule has 34 heteroatoms. The van der Waals surface area contributed by atoms with E-state index in [0.717, 1.165) is 101 Å². The topological polar surface area (TPSA) is 245 Å². The number of benzene rings is 2.